The first kappa shape index (κ1) is 17.5. The van der Waals surface area contributed by atoms with E-state index >= 15 is 0 Å². The fourth-order valence-corrected chi connectivity index (χ4v) is 3.37. The molecule has 134 valence electrons. The van der Waals surface area contributed by atoms with E-state index in [-0.39, 0.29) is 11.3 Å². The lowest BCUT2D eigenvalue weighted by Crippen LogP contribution is -2.44. The Hall–Kier alpha value is -2.30. The minimum Gasteiger partial charge on any atom is -0.461 e. The molecule has 3 heterocycles. The predicted molar refractivity (Wildman–Crippen MR) is 95.6 cm³/mol. The minimum atomic E-state index is 0.160. The number of carbonyl (C=O) groups is 1. The monoisotopic (exact) mass is 342 g/mol. The maximum Gasteiger partial charge on any atom is 0.222 e. The Bertz CT molecular complexity index is 741. The van der Waals surface area contributed by atoms with Crippen LogP contribution in [0.1, 0.15) is 52.1 Å². The van der Waals surface area contributed by atoms with Crippen molar-refractivity contribution in [3.05, 3.63) is 41.8 Å². The quantitative estimate of drug-likeness (QED) is 0.707. The van der Waals surface area contributed by atoms with E-state index in [4.69, 9.17) is 8.94 Å². The van der Waals surface area contributed by atoms with Gasteiger partial charge < -0.3 is 13.8 Å². The van der Waals surface area contributed by atoms with Gasteiger partial charge in [0.2, 0.25) is 11.7 Å². The third kappa shape index (κ3) is 4.41. The highest BCUT2D eigenvalue weighted by molar-refractivity contribution is 5.77. The summed E-state index contributed by atoms with van der Waals surface area (Å²) in [6, 6.07) is 5.49. The molecule has 1 fully saturated rings. The van der Waals surface area contributed by atoms with Crippen LogP contribution in [0.4, 0.5) is 0 Å². The third-order valence-electron chi connectivity index (χ3n) is 4.84. The van der Waals surface area contributed by atoms with Crippen LogP contribution in [-0.4, -0.2) is 22.5 Å². The number of hydrogen-bond donors (Lipinski definition) is 0. The number of nitrogens with zero attached hydrogens (tertiary/aromatic N) is 2. The third-order valence-corrected chi connectivity index (χ3v) is 4.84. The van der Waals surface area contributed by atoms with E-state index in [0.29, 0.717) is 24.5 Å². The molecule has 2 aromatic rings. The Kier molecular flexibility index (Phi) is 5.11. The summed E-state index contributed by atoms with van der Waals surface area (Å²) in [6.45, 7) is 7.79. The molecule has 1 saturated heterocycles. The molecular weight excluding hydrogens is 316 g/mol. The lowest BCUT2D eigenvalue weighted by molar-refractivity contribution is -0.138. The number of carbonyl (C=O) groups excluding carboxylic acids is 1. The average Bonchev–Trinajstić information content (AvgIpc) is 3.22. The van der Waals surface area contributed by atoms with Gasteiger partial charge in [-0.2, -0.15) is 0 Å². The molecule has 2 aromatic heterocycles. The van der Waals surface area contributed by atoms with Crippen LogP contribution in [0.3, 0.4) is 0 Å². The van der Waals surface area contributed by atoms with Crippen LogP contribution in [0.15, 0.2) is 45.1 Å². The molecule has 0 radical (unpaired) electrons. The molecule has 0 saturated carbocycles. The van der Waals surface area contributed by atoms with Gasteiger partial charge in [0.05, 0.1) is 12.8 Å². The minimum absolute atomic E-state index is 0.160. The molecule has 5 heteroatoms. The van der Waals surface area contributed by atoms with Crippen molar-refractivity contribution in [1.29, 1.82) is 0 Å². The first-order chi connectivity index (χ1) is 12.0. The molecule has 0 spiro atoms. The summed E-state index contributed by atoms with van der Waals surface area (Å²) in [7, 11) is 0. The van der Waals surface area contributed by atoms with Crippen LogP contribution >= 0.6 is 0 Å². The van der Waals surface area contributed by atoms with E-state index in [0.717, 1.165) is 31.5 Å². The Morgan fingerprint density at radius 3 is 2.96 bits per heavy atom. The van der Waals surface area contributed by atoms with Crippen LogP contribution in [-0.2, 0) is 11.3 Å². The predicted octanol–water partition coefficient (Wildman–Crippen LogP) is 4.81. The molecule has 3 rings (SSSR count). The molecule has 0 bridgehead atoms. The molecule has 0 aliphatic carbocycles. The van der Waals surface area contributed by atoms with Crippen LogP contribution in [0.25, 0.3) is 11.5 Å². The van der Waals surface area contributed by atoms with Gasteiger partial charge in [-0.15, -0.1) is 0 Å². The van der Waals surface area contributed by atoms with Gasteiger partial charge in [0.15, 0.2) is 5.76 Å². The van der Waals surface area contributed by atoms with Gasteiger partial charge in [0.25, 0.3) is 0 Å². The summed E-state index contributed by atoms with van der Waals surface area (Å²) in [5.41, 5.74) is 2.27. The Morgan fingerprint density at radius 2 is 2.24 bits per heavy atom. The van der Waals surface area contributed by atoms with Crippen molar-refractivity contribution in [3.8, 4) is 11.5 Å². The topological polar surface area (TPSA) is 59.5 Å². The lowest BCUT2D eigenvalue weighted by Gasteiger charge is -2.40. The highest BCUT2D eigenvalue weighted by Crippen LogP contribution is 2.35. The molecule has 0 N–H and O–H groups in total. The second-order valence-electron chi connectivity index (χ2n) is 7.54. The smallest absolute Gasteiger partial charge is 0.222 e. The number of hydrogen-bond acceptors (Lipinski definition) is 4. The van der Waals surface area contributed by atoms with Crippen molar-refractivity contribution >= 4 is 5.91 Å². The number of rotatable bonds is 6. The second kappa shape index (κ2) is 7.30. The van der Waals surface area contributed by atoms with Crippen molar-refractivity contribution in [2.45, 2.75) is 53.0 Å². The van der Waals surface area contributed by atoms with Gasteiger partial charge in [-0.05, 0) is 50.7 Å². The van der Waals surface area contributed by atoms with Gasteiger partial charge in [-0.1, -0.05) is 23.7 Å². The fraction of sp³-hybridized carbons (Fsp3) is 0.500. The van der Waals surface area contributed by atoms with Crippen LogP contribution in [0, 0.1) is 5.41 Å². The van der Waals surface area contributed by atoms with Crippen molar-refractivity contribution in [2.75, 3.05) is 6.54 Å². The van der Waals surface area contributed by atoms with E-state index in [1.54, 1.807) is 6.26 Å². The summed E-state index contributed by atoms with van der Waals surface area (Å²) in [4.78, 5) is 14.3. The van der Waals surface area contributed by atoms with E-state index in [1.165, 1.54) is 5.57 Å². The number of aromatic nitrogens is 1. The highest BCUT2D eigenvalue weighted by atomic mass is 16.5. The maximum atomic E-state index is 12.3. The zero-order chi connectivity index (χ0) is 17.9. The normalized spacial score (nSPS) is 20.8. The van der Waals surface area contributed by atoms with Gasteiger partial charge >= 0.3 is 0 Å². The highest BCUT2D eigenvalue weighted by Gasteiger charge is 2.34. The van der Waals surface area contributed by atoms with Crippen LogP contribution in [0.5, 0.6) is 0 Å². The number of furan rings is 1. The summed E-state index contributed by atoms with van der Waals surface area (Å²) < 4.78 is 10.7. The summed E-state index contributed by atoms with van der Waals surface area (Å²) in [5.74, 6) is 1.44. The van der Waals surface area contributed by atoms with E-state index in [2.05, 4.69) is 32.0 Å². The fourth-order valence-electron chi connectivity index (χ4n) is 3.37. The van der Waals surface area contributed by atoms with Crippen molar-refractivity contribution < 1.29 is 13.7 Å². The van der Waals surface area contributed by atoms with Crippen molar-refractivity contribution in [2.24, 2.45) is 5.41 Å². The standard InChI is InChI=1S/C20H26N2O3/c1-15(2)6-4-9-20(3)10-8-19(23)22(14-20)13-16-12-18(25-21-16)17-7-5-11-24-17/h5-7,11-12H,4,8-10,13-14H2,1-3H3/t20-/m0/s1. The molecule has 5 nitrogen and oxygen atoms in total. The molecule has 0 aromatic carbocycles. The zero-order valence-corrected chi connectivity index (χ0v) is 15.2. The molecular formula is C20H26N2O3. The van der Waals surface area contributed by atoms with E-state index in [1.807, 2.05) is 23.1 Å². The Balaban J connectivity index is 1.64. The molecule has 1 aliphatic heterocycles. The van der Waals surface area contributed by atoms with Gasteiger partial charge in [-0.3, -0.25) is 4.79 Å². The van der Waals surface area contributed by atoms with Crippen molar-refractivity contribution in [3.63, 3.8) is 0 Å². The molecule has 25 heavy (non-hydrogen) atoms. The number of piperidine rings is 1. The van der Waals surface area contributed by atoms with E-state index in [9.17, 15) is 4.79 Å². The average molecular weight is 342 g/mol. The number of amides is 1. The number of allylic oxidation sites excluding steroid dienone is 2. The maximum absolute atomic E-state index is 12.3. The molecule has 1 aliphatic rings. The van der Waals surface area contributed by atoms with Gasteiger partial charge in [-0.25, -0.2) is 0 Å². The number of likely N-dealkylation sites (tertiary alicyclic amines) is 1. The second-order valence-corrected chi connectivity index (χ2v) is 7.54. The van der Waals surface area contributed by atoms with Crippen LogP contribution < -0.4 is 0 Å². The van der Waals surface area contributed by atoms with Gasteiger partial charge in [0.1, 0.15) is 5.69 Å². The molecule has 1 atom stereocenters. The summed E-state index contributed by atoms with van der Waals surface area (Å²) in [6.07, 6.45) is 7.60. The van der Waals surface area contributed by atoms with E-state index < -0.39 is 0 Å². The SMILES string of the molecule is CC(C)=CCC[C@@]1(C)CCC(=O)N(Cc2cc(-c3ccco3)on2)C1. The molecule has 1 amide bonds. The lowest BCUT2D eigenvalue weighted by atomic mass is 9.77. The van der Waals surface area contributed by atoms with Gasteiger partial charge in [0, 0.05) is 19.0 Å². The van der Waals surface area contributed by atoms with Crippen molar-refractivity contribution in [1.82, 2.24) is 10.1 Å². The first-order valence-electron chi connectivity index (χ1n) is 8.86. The molecule has 0 unspecified atom stereocenters. The van der Waals surface area contributed by atoms with Crippen LogP contribution in [0.2, 0.25) is 0 Å². The zero-order valence-electron chi connectivity index (χ0n) is 15.2. The summed E-state index contributed by atoms with van der Waals surface area (Å²) in [5, 5.41) is 4.10. The largest absolute Gasteiger partial charge is 0.461 e. The Morgan fingerprint density at radius 1 is 1.40 bits per heavy atom. The summed E-state index contributed by atoms with van der Waals surface area (Å²) >= 11 is 0. The Labute approximate surface area is 148 Å². The first-order valence-corrected chi connectivity index (χ1v) is 8.86.